The van der Waals surface area contributed by atoms with Crippen molar-refractivity contribution in [2.24, 2.45) is 5.92 Å². The van der Waals surface area contributed by atoms with Crippen LogP contribution in [0.4, 0.5) is 39.5 Å². The third kappa shape index (κ3) is 6.68. The lowest BCUT2D eigenvalue weighted by Crippen LogP contribution is -2.63. The molecule has 0 aromatic carbocycles. The number of ketones is 1. The van der Waals surface area contributed by atoms with Gasteiger partial charge in [-0.1, -0.05) is 13.8 Å². The standard InChI is InChI=1S/C9H19OS.C4HF9O3S/c1-5-11(6-2)7-9(10)8(3)4;5-1(6,3(9,10)11)2(7,8)4(12,13)17(14,15)16/h8H,5-7H2,1-4H3;(H,14,15,16)/q+1;/p-1. The molecule has 0 saturated carbocycles. The van der Waals surface area contributed by atoms with Crippen molar-refractivity contribution in [3.63, 3.8) is 0 Å². The summed E-state index contributed by atoms with van der Waals surface area (Å²) in [5.74, 6) is -11.0. The molecule has 0 rings (SSSR count). The van der Waals surface area contributed by atoms with Crippen LogP contribution in [0.25, 0.3) is 0 Å². The summed E-state index contributed by atoms with van der Waals surface area (Å²) in [4.78, 5) is 11.3. The Morgan fingerprint density at radius 2 is 1.25 bits per heavy atom. The maximum absolute atomic E-state index is 12.2. The van der Waals surface area contributed by atoms with E-state index in [4.69, 9.17) is 0 Å². The van der Waals surface area contributed by atoms with Crippen LogP contribution in [0.1, 0.15) is 27.7 Å². The van der Waals surface area contributed by atoms with Crippen LogP contribution in [0.2, 0.25) is 0 Å². The molecular weight excluding hydrogens is 455 g/mol. The zero-order valence-corrected chi connectivity index (χ0v) is 16.7. The molecule has 4 nitrogen and oxygen atoms in total. The smallest absolute Gasteiger partial charge is 0.460 e. The van der Waals surface area contributed by atoms with Crippen molar-refractivity contribution >= 4 is 26.8 Å². The average molecular weight is 474 g/mol. The number of Topliss-reactive ketones (excluding diaryl/α,β-unsaturated/α-hetero) is 1. The summed E-state index contributed by atoms with van der Waals surface area (Å²) in [6.07, 6.45) is -7.16. The third-order valence-corrected chi connectivity index (χ3v) is 6.45. The monoisotopic (exact) mass is 474 g/mol. The van der Waals surface area contributed by atoms with Crippen LogP contribution in [-0.2, 0) is 25.8 Å². The summed E-state index contributed by atoms with van der Waals surface area (Å²) in [6.45, 7) is 8.30. The minimum Gasteiger partial charge on any atom is -0.743 e. The molecule has 0 radical (unpaired) electrons. The highest BCUT2D eigenvalue weighted by Crippen LogP contribution is 2.54. The van der Waals surface area contributed by atoms with Gasteiger partial charge < -0.3 is 4.55 Å². The number of halogens is 9. The van der Waals surface area contributed by atoms with Crippen molar-refractivity contribution in [1.82, 2.24) is 0 Å². The maximum Gasteiger partial charge on any atom is 0.460 e. The molecule has 0 atom stereocenters. The van der Waals surface area contributed by atoms with Crippen molar-refractivity contribution in [3.05, 3.63) is 0 Å². The van der Waals surface area contributed by atoms with Gasteiger partial charge in [-0.3, -0.25) is 4.79 Å². The Bertz CT molecular complexity index is 612. The predicted molar refractivity (Wildman–Crippen MR) is 83.8 cm³/mol. The van der Waals surface area contributed by atoms with E-state index in [1.54, 1.807) is 0 Å². The molecule has 15 heteroatoms. The molecule has 170 valence electrons. The highest BCUT2D eigenvalue weighted by Gasteiger charge is 2.83. The second kappa shape index (κ2) is 9.87. The quantitative estimate of drug-likeness (QED) is 0.305. The number of carbonyl (C=O) groups is 1. The second-order valence-electron chi connectivity index (χ2n) is 5.57. The Morgan fingerprint density at radius 1 is 0.893 bits per heavy atom. The highest BCUT2D eigenvalue weighted by atomic mass is 32.2. The highest BCUT2D eigenvalue weighted by molar-refractivity contribution is 7.97. The molecule has 0 aromatic rings. The van der Waals surface area contributed by atoms with Gasteiger partial charge in [0.05, 0.1) is 0 Å². The van der Waals surface area contributed by atoms with E-state index in [0.717, 1.165) is 17.3 Å². The van der Waals surface area contributed by atoms with Crippen LogP contribution in [-0.4, -0.2) is 59.3 Å². The SMILES string of the molecule is CC[S+](CC)CC(=O)C(C)C.O=S(=O)([O-])C(F)(F)C(F)(F)C(F)(F)C(F)(F)F. The zero-order chi connectivity index (χ0) is 23.4. The molecular formula is C13H19F9O4S2. The molecule has 0 bridgehead atoms. The van der Waals surface area contributed by atoms with Crippen molar-refractivity contribution < 1.29 is 57.3 Å². The van der Waals surface area contributed by atoms with Gasteiger partial charge in [0.15, 0.2) is 21.7 Å². The molecule has 0 N–H and O–H groups in total. The molecule has 28 heavy (non-hydrogen) atoms. The van der Waals surface area contributed by atoms with Crippen LogP contribution in [0.5, 0.6) is 0 Å². The Hall–Kier alpha value is -0.700. The number of carbonyl (C=O) groups excluding carboxylic acids is 1. The first kappa shape index (κ1) is 29.5. The van der Waals surface area contributed by atoms with Crippen molar-refractivity contribution in [2.75, 3.05) is 17.3 Å². The Morgan fingerprint density at radius 3 is 1.46 bits per heavy atom. The average Bonchev–Trinajstić information content (AvgIpc) is 2.50. The van der Waals surface area contributed by atoms with E-state index in [1.165, 1.54) is 0 Å². The van der Waals surface area contributed by atoms with Crippen LogP contribution >= 0.6 is 0 Å². The molecule has 0 aliphatic carbocycles. The summed E-state index contributed by atoms with van der Waals surface area (Å²) in [7, 11) is -7.06. The first-order chi connectivity index (χ1) is 12.1. The number of rotatable bonds is 8. The first-order valence-corrected chi connectivity index (χ1v) is 10.6. The zero-order valence-electron chi connectivity index (χ0n) is 15.0. The summed E-state index contributed by atoms with van der Waals surface area (Å²) >= 11 is 0. The fourth-order valence-electron chi connectivity index (χ4n) is 1.29. The van der Waals surface area contributed by atoms with E-state index in [1.807, 2.05) is 13.8 Å². The second-order valence-corrected chi connectivity index (χ2v) is 9.66. The maximum atomic E-state index is 12.2. The fraction of sp³-hybridized carbons (Fsp3) is 0.923. The first-order valence-electron chi connectivity index (χ1n) is 7.44. The molecule has 0 saturated heterocycles. The van der Waals surface area contributed by atoms with Gasteiger partial charge in [0.25, 0.3) is 0 Å². The number of alkyl halides is 9. The topological polar surface area (TPSA) is 74.3 Å². The van der Waals surface area contributed by atoms with Crippen LogP contribution in [0, 0.1) is 5.92 Å². The lowest BCUT2D eigenvalue weighted by molar-refractivity contribution is -0.382. The molecule has 0 unspecified atom stereocenters. The third-order valence-electron chi connectivity index (χ3n) is 3.24. The summed E-state index contributed by atoms with van der Waals surface area (Å²) < 4.78 is 135. The van der Waals surface area contributed by atoms with E-state index in [2.05, 4.69) is 13.8 Å². The normalized spacial score (nSPS) is 14.1. The molecule has 0 amide bonds. The van der Waals surface area contributed by atoms with Gasteiger partial charge in [-0.15, -0.1) is 0 Å². The van der Waals surface area contributed by atoms with E-state index < -0.39 is 33.4 Å². The van der Waals surface area contributed by atoms with Crippen LogP contribution in [0.15, 0.2) is 0 Å². The van der Waals surface area contributed by atoms with Crippen molar-refractivity contribution in [2.45, 2.75) is 51.0 Å². The summed E-state index contributed by atoms with van der Waals surface area (Å²) in [5.41, 5.74) is 0. The molecule has 0 aromatic heterocycles. The molecule has 0 aliphatic heterocycles. The van der Waals surface area contributed by atoms with Crippen molar-refractivity contribution in [1.29, 1.82) is 0 Å². The minimum atomic E-state index is -7.43. The summed E-state index contributed by atoms with van der Waals surface area (Å²) in [5, 5.41) is -7.11. The Labute approximate surface area is 158 Å². The van der Waals surface area contributed by atoms with Crippen LogP contribution < -0.4 is 0 Å². The Balaban J connectivity index is 0. The molecule has 0 spiro atoms. The van der Waals surface area contributed by atoms with Crippen molar-refractivity contribution in [3.8, 4) is 0 Å². The van der Waals surface area contributed by atoms with E-state index in [-0.39, 0.29) is 5.92 Å². The summed E-state index contributed by atoms with van der Waals surface area (Å²) in [6, 6.07) is 0. The Kier molecular flexibility index (Phi) is 10.4. The van der Waals surface area contributed by atoms with E-state index >= 15 is 0 Å². The van der Waals surface area contributed by atoms with Gasteiger partial charge in [0.1, 0.15) is 11.5 Å². The van der Waals surface area contributed by atoms with Crippen LogP contribution in [0.3, 0.4) is 0 Å². The van der Waals surface area contributed by atoms with Gasteiger partial charge in [0, 0.05) is 5.92 Å². The molecule has 0 heterocycles. The largest absolute Gasteiger partial charge is 0.743 e. The lowest BCUT2D eigenvalue weighted by atomic mass is 10.1. The van der Waals surface area contributed by atoms with Gasteiger partial charge in [-0.05, 0) is 24.7 Å². The van der Waals surface area contributed by atoms with Gasteiger partial charge in [0.2, 0.25) is 0 Å². The van der Waals surface area contributed by atoms with Gasteiger partial charge in [-0.2, -0.15) is 39.5 Å². The number of hydrogen-bond acceptors (Lipinski definition) is 4. The minimum absolute atomic E-state index is 0.225. The molecule has 0 fully saturated rings. The van der Waals surface area contributed by atoms with Gasteiger partial charge >= 0.3 is 23.3 Å². The number of hydrogen-bond donors (Lipinski definition) is 0. The van der Waals surface area contributed by atoms with E-state index in [0.29, 0.717) is 16.7 Å². The lowest BCUT2D eigenvalue weighted by Gasteiger charge is -2.34. The van der Waals surface area contributed by atoms with E-state index in [9.17, 15) is 57.3 Å². The molecule has 0 aliphatic rings. The van der Waals surface area contributed by atoms with Gasteiger partial charge in [-0.25, -0.2) is 8.42 Å². The predicted octanol–water partition coefficient (Wildman–Crippen LogP) is 3.83. The fourth-order valence-corrected chi connectivity index (χ4v) is 3.29.